The lowest BCUT2D eigenvalue weighted by Crippen LogP contribution is -2.38. The van der Waals surface area contributed by atoms with Crippen LogP contribution in [-0.4, -0.2) is 58.1 Å². The summed E-state index contributed by atoms with van der Waals surface area (Å²) in [5.41, 5.74) is -1.71. The lowest BCUT2D eigenvalue weighted by atomic mass is 10.1. The van der Waals surface area contributed by atoms with Gasteiger partial charge in [-0.05, 0) is 41.5 Å². The van der Waals surface area contributed by atoms with E-state index in [0.717, 1.165) is 0 Å². The molecule has 0 saturated carbocycles. The Kier molecular flexibility index (Phi) is 8.71. The SMILES string of the molecule is CC(C)(C)OC(=O)C[C@@H](OC(=O)CCC(=O)ON1C(=O)CCC1=O)C(=O)OC(C)(C)C. The second kappa shape index (κ2) is 10.4. The smallest absolute Gasteiger partial charge is 0.348 e. The van der Waals surface area contributed by atoms with Crippen LogP contribution in [0.15, 0.2) is 0 Å². The minimum absolute atomic E-state index is 0.0591. The number of nitrogens with zero attached hydrogens (tertiary/aromatic N) is 1. The molecular weight excluding hydrogens is 414 g/mol. The zero-order valence-electron chi connectivity index (χ0n) is 18.6. The van der Waals surface area contributed by atoms with E-state index in [1.54, 1.807) is 41.5 Å². The van der Waals surface area contributed by atoms with Crippen molar-refractivity contribution in [3.05, 3.63) is 0 Å². The van der Waals surface area contributed by atoms with Gasteiger partial charge in [-0.3, -0.25) is 19.2 Å². The number of carbonyl (C=O) groups is 6. The number of amides is 2. The Balaban J connectivity index is 2.67. The highest BCUT2D eigenvalue weighted by atomic mass is 16.7. The van der Waals surface area contributed by atoms with E-state index in [9.17, 15) is 28.8 Å². The number of hydrogen-bond donors (Lipinski definition) is 0. The maximum Gasteiger partial charge on any atom is 0.348 e. The second-order valence-electron chi connectivity index (χ2n) is 8.85. The zero-order chi connectivity index (χ0) is 24.0. The fourth-order valence-corrected chi connectivity index (χ4v) is 2.30. The highest BCUT2D eigenvalue weighted by Gasteiger charge is 2.34. The van der Waals surface area contributed by atoms with Crippen molar-refractivity contribution in [2.45, 2.75) is 91.0 Å². The highest BCUT2D eigenvalue weighted by Crippen LogP contribution is 2.16. The molecule has 1 saturated heterocycles. The maximum absolute atomic E-state index is 12.4. The molecule has 11 heteroatoms. The number of rotatable bonds is 8. The van der Waals surface area contributed by atoms with Crippen LogP contribution < -0.4 is 0 Å². The topological polar surface area (TPSA) is 143 Å². The predicted molar refractivity (Wildman–Crippen MR) is 103 cm³/mol. The molecule has 0 aliphatic carbocycles. The van der Waals surface area contributed by atoms with E-state index in [0.29, 0.717) is 5.06 Å². The normalized spacial score (nSPS) is 15.4. The molecule has 11 nitrogen and oxygen atoms in total. The van der Waals surface area contributed by atoms with E-state index in [4.69, 9.17) is 14.2 Å². The van der Waals surface area contributed by atoms with Crippen LogP contribution in [0.3, 0.4) is 0 Å². The third-order valence-corrected chi connectivity index (χ3v) is 3.45. The Morgan fingerprint density at radius 2 is 1.29 bits per heavy atom. The van der Waals surface area contributed by atoms with Gasteiger partial charge in [0.25, 0.3) is 11.8 Å². The molecule has 31 heavy (non-hydrogen) atoms. The van der Waals surface area contributed by atoms with E-state index >= 15 is 0 Å². The van der Waals surface area contributed by atoms with Crippen molar-refractivity contribution >= 4 is 35.7 Å². The molecule has 0 bridgehead atoms. The highest BCUT2D eigenvalue weighted by molar-refractivity contribution is 6.01. The first-order chi connectivity index (χ1) is 14.1. The van der Waals surface area contributed by atoms with Crippen LogP contribution in [0.1, 0.15) is 73.6 Å². The molecule has 1 atom stereocenters. The van der Waals surface area contributed by atoms with Crippen molar-refractivity contribution < 1.29 is 47.8 Å². The standard InChI is InChI=1S/C20H29NO10/c1-19(2,3)29-17(26)11-12(18(27)30-20(4,5)6)28-15(24)9-10-16(25)31-21-13(22)7-8-14(21)23/h12H,7-11H2,1-6H3/t12-/m1/s1. The van der Waals surface area contributed by atoms with Crippen LogP contribution in [0, 0.1) is 0 Å². The number of esters is 3. The van der Waals surface area contributed by atoms with Gasteiger partial charge in [-0.2, -0.15) is 0 Å². The molecule has 0 aromatic rings. The first-order valence-electron chi connectivity index (χ1n) is 9.78. The van der Waals surface area contributed by atoms with Gasteiger partial charge < -0.3 is 19.0 Å². The fraction of sp³-hybridized carbons (Fsp3) is 0.700. The molecule has 0 radical (unpaired) electrons. The van der Waals surface area contributed by atoms with Gasteiger partial charge in [-0.15, -0.1) is 5.06 Å². The summed E-state index contributed by atoms with van der Waals surface area (Å²) in [5.74, 6) is -4.99. The fourth-order valence-electron chi connectivity index (χ4n) is 2.30. The third-order valence-electron chi connectivity index (χ3n) is 3.45. The Hall–Kier alpha value is -2.98. The Bertz CT molecular complexity index is 728. The molecule has 1 rings (SSSR count). The Morgan fingerprint density at radius 1 is 0.806 bits per heavy atom. The van der Waals surface area contributed by atoms with E-state index in [2.05, 4.69) is 4.84 Å². The number of ether oxygens (including phenoxy) is 3. The largest absolute Gasteiger partial charge is 0.460 e. The van der Waals surface area contributed by atoms with Crippen molar-refractivity contribution in [2.75, 3.05) is 0 Å². The lowest BCUT2D eigenvalue weighted by Gasteiger charge is -2.25. The molecule has 174 valence electrons. The number of hydrogen-bond acceptors (Lipinski definition) is 10. The van der Waals surface area contributed by atoms with Crippen molar-refractivity contribution in [1.29, 1.82) is 0 Å². The average molecular weight is 443 g/mol. The van der Waals surface area contributed by atoms with Gasteiger partial charge in [-0.1, -0.05) is 0 Å². The van der Waals surface area contributed by atoms with Crippen LogP contribution in [0.25, 0.3) is 0 Å². The quantitative estimate of drug-likeness (QED) is 0.306. The van der Waals surface area contributed by atoms with Gasteiger partial charge in [0.2, 0.25) is 6.10 Å². The molecule has 0 aromatic carbocycles. The van der Waals surface area contributed by atoms with Crippen LogP contribution in [0.4, 0.5) is 0 Å². The zero-order valence-corrected chi connectivity index (χ0v) is 18.6. The third kappa shape index (κ3) is 10.1. The summed E-state index contributed by atoms with van der Waals surface area (Å²) in [4.78, 5) is 75.9. The summed E-state index contributed by atoms with van der Waals surface area (Å²) in [6.45, 7) is 9.74. The molecule has 0 unspecified atom stereocenters. The molecule has 0 aromatic heterocycles. The summed E-state index contributed by atoms with van der Waals surface area (Å²) in [6, 6.07) is 0. The van der Waals surface area contributed by atoms with E-state index in [1.807, 2.05) is 0 Å². The van der Waals surface area contributed by atoms with E-state index in [1.165, 1.54) is 0 Å². The van der Waals surface area contributed by atoms with Gasteiger partial charge in [-0.25, -0.2) is 9.59 Å². The molecule has 0 spiro atoms. The van der Waals surface area contributed by atoms with Crippen LogP contribution >= 0.6 is 0 Å². The van der Waals surface area contributed by atoms with Gasteiger partial charge in [0, 0.05) is 12.8 Å². The van der Waals surface area contributed by atoms with E-state index < -0.39 is 72.3 Å². The summed E-state index contributed by atoms with van der Waals surface area (Å²) >= 11 is 0. The van der Waals surface area contributed by atoms with Crippen molar-refractivity contribution in [1.82, 2.24) is 5.06 Å². The minimum atomic E-state index is -1.57. The van der Waals surface area contributed by atoms with Crippen molar-refractivity contribution in [2.24, 2.45) is 0 Å². The molecule has 2 amide bonds. The molecule has 0 N–H and O–H groups in total. The molecule has 1 aliphatic rings. The number of hydroxylamine groups is 2. The van der Waals surface area contributed by atoms with Crippen LogP contribution in [-0.2, 0) is 47.8 Å². The summed E-state index contributed by atoms with van der Waals surface area (Å²) in [5, 5.41) is 0.361. The summed E-state index contributed by atoms with van der Waals surface area (Å²) in [7, 11) is 0. The molecule has 1 aliphatic heterocycles. The Morgan fingerprint density at radius 3 is 1.77 bits per heavy atom. The number of carbonyl (C=O) groups excluding carboxylic acids is 6. The summed E-state index contributed by atoms with van der Waals surface area (Å²) < 4.78 is 15.4. The lowest BCUT2D eigenvalue weighted by molar-refractivity contribution is -0.198. The molecule has 1 fully saturated rings. The molecular formula is C20H29NO10. The second-order valence-corrected chi connectivity index (χ2v) is 8.85. The first kappa shape index (κ1) is 26.1. The van der Waals surface area contributed by atoms with Crippen molar-refractivity contribution in [3.63, 3.8) is 0 Å². The van der Waals surface area contributed by atoms with Crippen LogP contribution in [0.5, 0.6) is 0 Å². The average Bonchev–Trinajstić information content (AvgIpc) is 2.88. The van der Waals surface area contributed by atoms with Gasteiger partial charge in [0.1, 0.15) is 11.2 Å². The van der Waals surface area contributed by atoms with E-state index in [-0.39, 0.29) is 12.8 Å². The monoisotopic (exact) mass is 443 g/mol. The predicted octanol–water partition coefficient (Wildman–Crippen LogP) is 1.36. The number of imide groups is 1. The van der Waals surface area contributed by atoms with Gasteiger partial charge >= 0.3 is 23.9 Å². The van der Waals surface area contributed by atoms with Gasteiger partial charge in [0.05, 0.1) is 19.3 Å². The van der Waals surface area contributed by atoms with Gasteiger partial charge in [0.15, 0.2) is 0 Å². The van der Waals surface area contributed by atoms with Crippen molar-refractivity contribution in [3.8, 4) is 0 Å². The van der Waals surface area contributed by atoms with Crippen LogP contribution in [0.2, 0.25) is 0 Å². The minimum Gasteiger partial charge on any atom is -0.460 e. The first-order valence-corrected chi connectivity index (χ1v) is 9.78. The maximum atomic E-state index is 12.4. The summed E-state index contributed by atoms with van der Waals surface area (Å²) in [6.07, 6.45) is -3.28. The Labute approximate surface area is 180 Å². The molecule has 1 heterocycles.